The van der Waals surface area contributed by atoms with Crippen molar-refractivity contribution in [2.45, 2.75) is 12.1 Å². The number of nitrogens with zero attached hydrogens (tertiary/aromatic N) is 2. The standard InChI is InChI=1S/C11H11FN2O3/c12-11(10(16)17)3-5-14(7-11)9(15)8-2-1-4-13-6-8/h1-2,4,6H,3,5,7H2,(H,16,17). The first-order chi connectivity index (χ1) is 8.03. The van der Waals surface area contributed by atoms with Gasteiger partial charge in [-0.2, -0.15) is 0 Å². The molecule has 6 heteroatoms. The van der Waals surface area contributed by atoms with Gasteiger partial charge in [-0.3, -0.25) is 9.78 Å². The molecule has 0 aliphatic carbocycles. The smallest absolute Gasteiger partial charge is 0.343 e. The molecule has 1 unspecified atom stereocenters. The van der Waals surface area contributed by atoms with Gasteiger partial charge in [-0.25, -0.2) is 9.18 Å². The number of hydrogen-bond donors (Lipinski definition) is 1. The molecule has 5 nitrogen and oxygen atoms in total. The van der Waals surface area contributed by atoms with Crippen LogP contribution in [0, 0.1) is 0 Å². The van der Waals surface area contributed by atoms with Gasteiger partial charge in [-0.15, -0.1) is 0 Å². The summed E-state index contributed by atoms with van der Waals surface area (Å²) in [6.45, 7) is -0.299. The Morgan fingerprint density at radius 1 is 1.53 bits per heavy atom. The predicted molar refractivity (Wildman–Crippen MR) is 56.2 cm³/mol. The van der Waals surface area contributed by atoms with Crippen molar-refractivity contribution in [1.29, 1.82) is 0 Å². The van der Waals surface area contributed by atoms with Crippen LogP contribution in [-0.2, 0) is 4.79 Å². The predicted octanol–water partition coefficient (Wildman–Crippen LogP) is 0.720. The van der Waals surface area contributed by atoms with Crippen molar-refractivity contribution >= 4 is 11.9 Å². The number of hydrogen-bond acceptors (Lipinski definition) is 3. The van der Waals surface area contributed by atoms with Gasteiger partial charge >= 0.3 is 5.97 Å². The van der Waals surface area contributed by atoms with Crippen LogP contribution < -0.4 is 0 Å². The second-order valence-electron chi connectivity index (χ2n) is 3.99. The number of halogens is 1. The van der Waals surface area contributed by atoms with E-state index in [9.17, 15) is 14.0 Å². The van der Waals surface area contributed by atoms with E-state index in [0.29, 0.717) is 5.56 Å². The third-order valence-corrected chi connectivity index (χ3v) is 2.80. The van der Waals surface area contributed by atoms with Gasteiger partial charge in [0, 0.05) is 25.4 Å². The second-order valence-corrected chi connectivity index (χ2v) is 3.99. The lowest BCUT2D eigenvalue weighted by atomic mass is 10.1. The molecule has 0 radical (unpaired) electrons. The zero-order valence-corrected chi connectivity index (χ0v) is 8.97. The van der Waals surface area contributed by atoms with Gasteiger partial charge in [-0.05, 0) is 12.1 Å². The molecular weight excluding hydrogens is 227 g/mol. The highest BCUT2D eigenvalue weighted by molar-refractivity contribution is 5.95. The fourth-order valence-electron chi connectivity index (χ4n) is 1.79. The number of carboxylic acid groups (broad SMARTS) is 1. The van der Waals surface area contributed by atoms with E-state index in [0.717, 1.165) is 0 Å². The molecule has 1 aromatic heterocycles. The highest BCUT2D eigenvalue weighted by Gasteiger charge is 2.46. The molecule has 1 atom stereocenters. The van der Waals surface area contributed by atoms with E-state index in [1.54, 1.807) is 12.1 Å². The molecular formula is C11H11FN2O3. The first-order valence-electron chi connectivity index (χ1n) is 5.14. The first-order valence-corrected chi connectivity index (χ1v) is 5.14. The molecule has 1 amide bonds. The van der Waals surface area contributed by atoms with Crippen LogP contribution in [0.2, 0.25) is 0 Å². The summed E-state index contributed by atoms with van der Waals surface area (Å²) in [6.07, 6.45) is 2.73. The molecule has 1 fully saturated rings. The minimum absolute atomic E-state index is 0.108. The maximum Gasteiger partial charge on any atom is 0.343 e. The third kappa shape index (κ3) is 2.11. The van der Waals surface area contributed by atoms with Crippen LogP contribution in [0.5, 0.6) is 0 Å². The van der Waals surface area contributed by atoms with Crippen molar-refractivity contribution in [2.75, 3.05) is 13.1 Å². The van der Waals surface area contributed by atoms with Crippen molar-refractivity contribution in [3.8, 4) is 0 Å². The highest BCUT2D eigenvalue weighted by Crippen LogP contribution is 2.26. The van der Waals surface area contributed by atoms with Crippen LogP contribution in [-0.4, -0.2) is 45.6 Å². The van der Waals surface area contributed by atoms with Gasteiger partial charge in [0.2, 0.25) is 5.67 Å². The van der Waals surface area contributed by atoms with Gasteiger partial charge in [0.05, 0.1) is 12.1 Å². The van der Waals surface area contributed by atoms with Crippen molar-refractivity contribution in [3.05, 3.63) is 30.1 Å². The van der Waals surface area contributed by atoms with E-state index in [4.69, 9.17) is 5.11 Å². The topological polar surface area (TPSA) is 70.5 Å². The number of carbonyl (C=O) groups is 2. The molecule has 2 rings (SSSR count). The number of aliphatic carboxylic acids is 1. The summed E-state index contributed by atoms with van der Waals surface area (Å²) in [6, 6.07) is 3.16. The normalized spacial score (nSPS) is 23.7. The number of aromatic nitrogens is 1. The van der Waals surface area contributed by atoms with Gasteiger partial charge in [0.15, 0.2) is 0 Å². The molecule has 0 spiro atoms. The maximum absolute atomic E-state index is 13.8. The van der Waals surface area contributed by atoms with Crippen molar-refractivity contribution in [3.63, 3.8) is 0 Å². The number of alkyl halides is 1. The molecule has 1 N–H and O–H groups in total. The van der Waals surface area contributed by atoms with Crippen LogP contribution in [0.15, 0.2) is 24.5 Å². The highest BCUT2D eigenvalue weighted by atomic mass is 19.1. The molecule has 1 aliphatic heterocycles. The lowest BCUT2D eigenvalue weighted by Gasteiger charge is -2.17. The van der Waals surface area contributed by atoms with Crippen molar-refractivity contribution in [1.82, 2.24) is 9.88 Å². The Balaban J connectivity index is 2.12. The van der Waals surface area contributed by atoms with E-state index in [1.807, 2.05) is 0 Å². The minimum atomic E-state index is -2.32. The van der Waals surface area contributed by atoms with Crippen LogP contribution in [0.4, 0.5) is 4.39 Å². The molecule has 1 saturated heterocycles. The summed E-state index contributed by atoms with van der Waals surface area (Å²) >= 11 is 0. The van der Waals surface area contributed by atoms with Gasteiger partial charge in [0.25, 0.3) is 5.91 Å². The molecule has 90 valence electrons. The monoisotopic (exact) mass is 238 g/mol. The van der Waals surface area contributed by atoms with Crippen LogP contribution in [0.25, 0.3) is 0 Å². The summed E-state index contributed by atoms with van der Waals surface area (Å²) in [4.78, 5) is 27.6. The molecule has 0 aromatic carbocycles. The first kappa shape index (κ1) is 11.5. The number of rotatable bonds is 2. The van der Waals surface area contributed by atoms with Gasteiger partial charge in [0.1, 0.15) is 0 Å². The number of amides is 1. The summed E-state index contributed by atoms with van der Waals surface area (Å²) < 4.78 is 13.8. The number of carboxylic acids is 1. The number of likely N-dealkylation sites (tertiary alicyclic amines) is 1. The Morgan fingerprint density at radius 3 is 2.82 bits per heavy atom. The van der Waals surface area contributed by atoms with Gasteiger partial charge < -0.3 is 10.0 Å². The molecule has 2 heterocycles. The fourth-order valence-corrected chi connectivity index (χ4v) is 1.79. The van der Waals surface area contributed by atoms with E-state index >= 15 is 0 Å². The molecule has 1 aliphatic rings. The Kier molecular flexibility index (Phi) is 2.79. The number of pyridine rings is 1. The summed E-state index contributed by atoms with van der Waals surface area (Å²) in [7, 11) is 0. The Morgan fingerprint density at radius 2 is 2.29 bits per heavy atom. The minimum Gasteiger partial charge on any atom is -0.479 e. The summed E-state index contributed by atoms with van der Waals surface area (Å²) in [5.74, 6) is -1.90. The lowest BCUT2D eigenvalue weighted by molar-refractivity contribution is -0.149. The zero-order valence-electron chi connectivity index (χ0n) is 8.97. The fraction of sp³-hybridized carbons (Fsp3) is 0.364. The molecule has 0 saturated carbocycles. The van der Waals surface area contributed by atoms with Crippen LogP contribution >= 0.6 is 0 Å². The van der Waals surface area contributed by atoms with E-state index in [1.165, 1.54) is 17.3 Å². The molecule has 17 heavy (non-hydrogen) atoms. The number of carbonyl (C=O) groups excluding carboxylic acids is 1. The van der Waals surface area contributed by atoms with Gasteiger partial charge in [-0.1, -0.05) is 0 Å². The second kappa shape index (κ2) is 4.12. The molecule has 0 bridgehead atoms. The summed E-state index contributed by atoms with van der Waals surface area (Å²) in [5.41, 5.74) is -1.99. The van der Waals surface area contributed by atoms with E-state index < -0.39 is 18.2 Å². The summed E-state index contributed by atoms with van der Waals surface area (Å²) in [5, 5.41) is 8.72. The van der Waals surface area contributed by atoms with Crippen molar-refractivity contribution in [2.24, 2.45) is 0 Å². The SMILES string of the molecule is O=C(c1cccnc1)N1CCC(F)(C(=O)O)C1. The largest absolute Gasteiger partial charge is 0.479 e. The third-order valence-electron chi connectivity index (χ3n) is 2.80. The quantitative estimate of drug-likeness (QED) is 0.824. The average Bonchev–Trinajstić information content (AvgIpc) is 2.74. The average molecular weight is 238 g/mol. The van der Waals surface area contributed by atoms with E-state index in [-0.39, 0.29) is 18.9 Å². The molecule has 1 aromatic rings. The lowest BCUT2D eigenvalue weighted by Crippen LogP contribution is -2.38. The van der Waals surface area contributed by atoms with E-state index in [2.05, 4.69) is 4.98 Å². The van der Waals surface area contributed by atoms with Crippen LogP contribution in [0.3, 0.4) is 0 Å². The Labute approximate surface area is 96.9 Å². The zero-order chi connectivity index (χ0) is 12.5. The van der Waals surface area contributed by atoms with Crippen molar-refractivity contribution < 1.29 is 19.1 Å². The Bertz CT molecular complexity index is 451. The Hall–Kier alpha value is -1.98. The maximum atomic E-state index is 13.8. The van der Waals surface area contributed by atoms with Crippen LogP contribution in [0.1, 0.15) is 16.8 Å².